The van der Waals surface area contributed by atoms with Gasteiger partial charge < -0.3 is 9.64 Å². The lowest BCUT2D eigenvalue weighted by Crippen LogP contribution is -2.32. The van der Waals surface area contributed by atoms with Crippen molar-refractivity contribution in [3.05, 3.63) is 33.4 Å². The SMILES string of the molecule is COc1cc2c(cc1[N+](=O)[O-])[C@@H](C)N(C=O)CC2. The zero-order valence-electron chi connectivity index (χ0n) is 10.3. The molecule has 0 saturated carbocycles. The Morgan fingerprint density at radius 3 is 2.83 bits per heavy atom. The molecule has 2 rings (SSSR count). The van der Waals surface area contributed by atoms with Gasteiger partial charge >= 0.3 is 5.69 Å². The van der Waals surface area contributed by atoms with E-state index >= 15 is 0 Å². The lowest BCUT2D eigenvalue weighted by Gasteiger charge is -2.32. The van der Waals surface area contributed by atoms with Gasteiger partial charge in [-0.1, -0.05) is 0 Å². The first-order valence-corrected chi connectivity index (χ1v) is 5.64. The van der Waals surface area contributed by atoms with Crippen LogP contribution in [0.15, 0.2) is 12.1 Å². The number of amides is 1. The smallest absolute Gasteiger partial charge is 0.311 e. The van der Waals surface area contributed by atoms with Crippen LogP contribution in [0.4, 0.5) is 5.69 Å². The topological polar surface area (TPSA) is 72.7 Å². The number of benzene rings is 1. The van der Waals surface area contributed by atoms with Gasteiger partial charge in [0.05, 0.1) is 18.1 Å². The van der Waals surface area contributed by atoms with E-state index in [9.17, 15) is 14.9 Å². The van der Waals surface area contributed by atoms with Crippen molar-refractivity contribution in [3.63, 3.8) is 0 Å². The molecule has 18 heavy (non-hydrogen) atoms. The Hall–Kier alpha value is -2.11. The van der Waals surface area contributed by atoms with Crippen LogP contribution >= 0.6 is 0 Å². The fourth-order valence-electron chi connectivity index (χ4n) is 2.30. The second kappa shape index (κ2) is 4.64. The minimum absolute atomic E-state index is 0.0594. The van der Waals surface area contributed by atoms with E-state index in [0.717, 1.165) is 17.5 Å². The molecule has 0 aliphatic carbocycles. The van der Waals surface area contributed by atoms with Crippen molar-refractivity contribution >= 4 is 12.1 Å². The van der Waals surface area contributed by atoms with E-state index in [1.165, 1.54) is 13.2 Å². The number of hydrogen-bond acceptors (Lipinski definition) is 4. The largest absolute Gasteiger partial charge is 0.490 e. The summed E-state index contributed by atoms with van der Waals surface area (Å²) in [5.74, 6) is 0.269. The number of hydrogen-bond donors (Lipinski definition) is 0. The van der Waals surface area contributed by atoms with Gasteiger partial charge in [0.1, 0.15) is 0 Å². The predicted octanol–water partition coefficient (Wildman–Crippen LogP) is 1.68. The summed E-state index contributed by atoms with van der Waals surface area (Å²) in [5.41, 5.74) is 1.76. The minimum Gasteiger partial charge on any atom is -0.490 e. The maximum Gasteiger partial charge on any atom is 0.311 e. The molecule has 1 aliphatic rings. The number of nitro benzene ring substituents is 1. The highest BCUT2D eigenvalue weighted by molar-refractivity contribution is 5.57. The summed E-state index contributed by atoms with van der Waals surface area (Å²) in [4.78, 5) is 23.0. The van der Waals surface area contributed by atoms with Crippen LogP contribution in [0.1, 0.15) is 24.1 Å². The molecule has 0 N–H and O–H groups in total. The van der Waals surface area contributed by atoms with E-state index in [4.69, 9.17) is 4.74 Å². The summed E-state index contributed by atoms with van der Waals surface area (Å²) in [6.45, 7) is 2.49. The van der Waals surface area contributed by atoms with Crippen molar-refractivity contribution in [2.75, 3.05) is 13.7 Å². The monoisotopic (exact) mass is 250 g/mol. The molecule has 0 aromatic heterocycles. The van der Waals surface area contributed by atoms with Crippen molar-refractivity contribution < 1.29 is 14.5 Å². The number of nitro groups is 1. The summed E-state index contributed by atoms with van der Waals surface area (Å²) in [7, 11) is 1.42. The van der Waals surface area contributed by atoms with Crippen LogP contribution in [0.5, 0.6) is 5.75 Å². The van der Waals surface area contributed by atoms with Crippen molar-refractivity contribution in [1.29, 1.82) is 0 Å². The van der Waals surface area contributed by atoms with Crippen LogP contribution < -0.4 is 4.74 Å². The first kappa shape index (κ1) is 12.3. The molecule has 6 nitrogen and oxygen atoms in total. The van der Waals surface area contributed by atoms with Gasteiger partial charge in [0.25, 0.3) is 0 Å². The molecular formula is C12H14N2O4. The first-order valence-electron chi connectivity index (χ1n) is 5.64. The number of carbonyl (C=O) groups excluding carboxylic acids is 1. The molecule has 1 atom stereocenters. The molecule has 0 fully saturated rings. The van der Waals surface area contributed by atoms with Gasteiger partial charge in [0, 0.05) is 12.6 Å². The van der Waals surface area contributed by atoms with E-state index < -0.39 is 4.92 Å². The fraction of sp³-hybridized carbons (Fsp3) is 0.417. The van der Waals surface area contributed by atoms with Crippen LogP contribution in [0.3, 0.4) is 0 Å². The van der Waals surface area contributed by atoms with Crippen molar-refractivity contribution in [2.24, 2.45) is 0 Å². The van der Waals surface area contributed by atoms with Gasteiger partial charge in [-0.25, -0.2) is 0 Å². The normalized spacial score (nSPS) is 18.1. The summed E-state index contributed by atoms with van der Waals surface area (Å²) in [6, 6.07) is 3.07. The molecule has 0 saturated heterocycles. The average molecular weight is 250 g/mol. The lowest BCUT2D eigenvalue weighted by atomic mass is 9.93. The highest BCUT2D eigenvalue weighted by Crippen LogP contribution is 2.37. The fourth-order valence-corrected chi connectivity index (χ4v) is 2.30. The number of rotatable bonds is 3. The van der Waals surface area contributed by atoms with Gasteiger partial charge in [0.15, 0.2) is 5.75 Å². The molecule has 0 spiro atoms. The van der Waals surface area contributed by atoms with Crippen LogP contribution in [0.25, 0.3) is 0 Å². The summed E-state index contributed by atoms with van der Waals surface area (Å²) in [6.07, 6.45) is 1.47. The highest BCUT2D eigenvalue weighted by Gasteiger charge is 2.27. The maximum absolute atomic E-state index is 11.0. The first-order chi connectivity index (χ1) is 8.58. The summed E-state index contributed by atoms with van der Waals surface area (Å²) >= 11 is 0. The van der Waals surface area contributed by atoms with Crippen molar-refractivity contribution in [3.8, 4) is 5.75 Å². The standard InChI is InChI=1S/C12H14N2O4/c1-8-10-6-11(14(16)17)12(18-2)5-9(10)3-4-13(8)7-15/h5-8H,3-4H2,1-2H3/t8-/m1/s1. The number of fused-ring (bicyclic) bond motifs is 1. The summed E-state index contributed by atoms with van der Waals surface area (Å²) in [5, 5.41) is 11.0. The average Bonchev–Trinajstić information content (AvgIpc) is 2.37. The Morgan fingerprint density at radius 1 is 1.56 bits per heavy atom. The Balaban J connectivity index is 2.53. The predicted molar refractivity (Wildman–Crippen MR) is 64.5 cm³/mol. The van der Waals surface area contributed by atoms with Crippen molar-refractivity contribution in [2.45, 2.75) is 19.4 Å². The Kier molecular flexibility index (Phi) is 3.18. The number of ether oxygens (including phenoxy) is 1. The van der Waals surface area contributed by atoms with Gasteiger partial charge in [-0.2, -0.15) is 0 Å². The Bertz CT molecular complexity index is 501. The van der Waals surface area contributed by atoms with Crippen molar-refractivity contribution in [1.82, 2.24) is 4.90 Å². The summed E-state index contributed by atoms with van der Waals surface area (Å²) < 4.78 is 5.04. The Morgan fingerprint density at radius 2 is 2.28 bits per heavy atom. The zero-order chi connectivity index (χ0) is 13.3. The van der Waals surface area contributed by atoms with E-state index in [-0.39, 0.29) is 17.5 Å². The second-order valence-corrected chi connectivity index (χ2v) is 4.25. The molecule has 1 aromatic carbocycles. The third-order valence-electron chi connectivity index (χ3n) is 3.36. The van der Waals surface area contributed by atoms with Gasteiger partial charge in [-0.15, -0.1) is 0 Å². The van der Waals surface area contributed by atoms with Crippen LogP contribution in [0.2, 0.25) is 0 Å². The van der Waals surface area contributed by atoms with E-state index in [1.807, 2.05) is 6.92 Å². The number of carbonyl (C=O) groups is 1. The van der Waals surface area contributed by atoms with Crippen LogP contribution in [-0.2, 0) is 11.2 Å². The third kappa shape index (κ3) is 1.90. The molecule has 1 amide bonds. The maximum atomic E-state index is 11.0. The molecular weight excluding hydrogens is 236 g/mol. The molecule has 1 aromatic rings. The second-order valence-electron chi connectivity index (χ2n) is 4.25. The molecule has 0 radical (unpaired) electrons. The van der Waals surface area contributed by atoms with Gasteiger partial charge in [-0.3, -0.25) is 14.9 Å². The molecule has 0 unspecified atom stereocenters. The molecule has 0 bridgehead atoms. The quantitative estimate of drug-likeness (QED) is 0.465. The minimum atomic E-state index is -0.467. The van der Waals surface area contributed by atoms with Crippen LogP contribution in [0, 0.1) is 10.1 Å². The number of nitrogens with zero attached hydrogens (tertiary/aromatic N) is 2. The van der Waals surface area contributed by atoms with E-state index in [1.54, 1.807) is 11.0 Å². The molecule has 96 valence electrons. The highest BCUT2D eigenvalue weighted by atomic mass is 16.6. The molecule has 1 aliphatic heterocycles. The third-order valence-corrected chi connectivity index (χ3v) is 3.36. The van der Waals surface area contributed by atoms with Crippen LogP contribution in [-0.4, -0.2) is 29.9 Å². The lowest BCUT2D eigenvalue weighted by molar-refractivity contribution is -0.385. The number of methoxy groups -OCH3 is 1. The van der Waals surface area contributed by atoms with Gasteiger partial charge in [0.2, 0.25) is 6.41 Å². The van der Waals surface area contributed by atoms with E-state index in [2.05, 4.69) is 0 Å². The zero-order valence-corrected chi connectivity index (χ0v) is 10.3. The Labute approximate surface area is 104 Å². The van der Waals surface area contributed by atoms with E-state index in [0.29, 0.717) is 13.0 Å². The molecule has 6 heteroatoms. The van der Waals surface area contributed by atoms with Gasteiger partial charge in [-0.05, 0) is 30.5 Å². The molecule has 1 heterocycles.